The van der Waals surface area contributed by atoms with Crippen LogP contribution in [0.15, 0.2) is 71.4 Å². The van der Waals surface area contributed by atoms with Crippen molar-refractivity contribution >= 4 is 33.8 Å². The minimum atomic E-state index is -0.468. The molecule has 0 bridgehead atoms. The summed E-state index contributed by atoms with van der Waals surface area (Å²) >= 11 is 0. The summed E-state index contributed by atoms with van der Waals surface area (Å²) in [6, 6.07) is 15.8. The fourth-order valence-corrected chi connectivity index (χ4v) is 3.98. The van der Waals surface area contributed by atoms with Crippen molar-refractivity contribution in [1.29, 1.82) is 0 Å². The third kappa shape index (κ3) is 5.07. The number of nitrogens with one attached hydrogen (secondary N) is 1. The van der Waals surface area contributed by atoms with E-state index in [4.69, 9.17) is 13.9 Å². The van der Waals surface area contributed by atoms with E-state index in [9.17, 15) is 14.9 Å². The Morgan fingerprint density at radius 2 is 1.89 bits per heavy atom. The van der Waals surface area contributed by atoms with Crippen molar-refractivity contribution in [3.8, 4) is 22.6 Å². The molecule has 0 radical (unpaired) electrons. The summed E-state index contributed by atoms with van der Waals surface area (Å²) in [6.07, 6.45) is 3.19. The van der Waals surface area contributed by atoms with Crippen LogP contribution in [0.25, 0.3) is 27.7 Å². The van der Waals surface area contributed by atoms with Gasteiger partial charge in [0.15, 0.2) is 0 Å². The normalized spacial score (nSPS) is 11.4. The molecular weight excluding hydrogens is 460 g/mol. The van der Waals surface area contributed by atoms with Crippen LogP contribution >= 0.6 is 0 Å². The number of furan rings is 1. The number of nitro benzene ring substituents is 1. The van der Waals surface area contributed by atoms with Crippen LogP contribution in [-0.4, -0.2) is 24.5 Å². The van der Waals surface area contributed by atoms with Gasteiger partial charge in [-0.2, -0.15) is 0 Å². The van der Waals surface area contributed by atoms with Gasteiger partial charge in [-0.25, -0.2) is 0 Å². The minimum absolute atomic E-state index is 0.0281. The van der Waals surface area contributed by atoms with Gasteiger partial charge < -0.3 is 19.2 Å². The lowest BCUT2D eigenvalue weighted by Crippen LogP contribution is -2.10. The molecule has 8 nitrogen and oxygen atoms in total. The number of carbonyl (C=O) groups excluding carboxylic acids is 1. The second-order valence-electron chi connectivity index (χ2n) is 8.23. The van der Waals surface area contributed by atoms with Crippen molar-refractivity contribution in [1.82, 2.24) is 0 Å². The van der Waals surface area contributed by atoms with Gasteiger partial charge in [0.05, 0.1) is 24.9 Å². The fraction of sp³-hybridized carbons (Fsp3) is 0.179. The topological polar surface area (TPSA) is 104 Å². The molecule has 0 saturated carbocycles. The lowest BCUT2D eigenvalue weighted by atomic mass is 9.99. The van der Waals surface area contributed by atoms with Gasteiger partial charge in [-0.15, -0.1) is 0 Å². The zero-order valence-corrected chi connectivity index (χ0v) is 20.5. The Morgan fingerprint density at radius 3 is 2.53 bits per heavy atom. The van der Waals surface area contributed by atoms with Gasteiger partial charge in [-0.1, -0.05) is 12.1 Å². The van der Waals surface area contributed by atoms with Gasteiger partial charge in [0.2, 0.25) is 5.91 Å². The molecule has 0 saturated heterocycles. The van der Waals surface area contributed by atoms with E-state index in [2.05, 4.69) is 5.32 Å². The van der Waals surface area contributed by atoms with Crippen molar-refractivity contribution in [3.63, 3.8) is 0 Å². The Bertz CT molecular complexity index is 1470. The molecule has 0 atom stereocenters. The minimum Gasteiger partial charge on any atom is -0.497 e. The van der Waals surface area contributed by atoms with Crippen LogP contribution in [0.5, 0.6) is 11.5 Å². The van der Waals surface area contributed by atoms with E-state index in [1.165, 1.54) is 24.3 Å². The summed E-state index contributed by atoms with van der Waals surface area (Å²) in [4.78, 5) is 23.3. The first-order valence-corrected chi connectivity index (χ1v) is 11.4. The van der Waals surface area contributed by atoms with Gasteiger partial charge in [0.1, 0.15) is 17.1 Å². The molecule has 1 heterocycles. The highest BCUT2D eigenvalue weighted by Crippen LogP contribution is 2.38. The smallest absolute Gasteiger partial charge is 0.269 e. The van der Waals surface area contributed by atoms with Crippen molar-refractivity contribution in [2.45, 2.75) is 20.8 Å². The maximum atomic E-state index is 12.8. The molecule has 1 amide bonds. The Kier molecular flexibility index (Phi) is 7.05. The van der Waals surface area contributed by atoms with E-state index in [0.29, 0.717) is 34.8 Å². The number of fused-ring (bicyclic) bond motifs is 1. The Balaban J connectivity index is 1.68. The number of ether oxygens (including phenoxy) is 2. The molecule has 4 aromatic rings. The predicted molar refractivity (Wildman–Crippen MR) is 139 cm³/mol. The first kappa shape index (κ1) is 24.5. The van der Waals surface area contributed by atoms with E-state index in [0.717, 1.165) is 27.8 Å². The zero-order chi connectivity index (χ0) is 25.8. The van der Waals surface area contributed by atoms with Crippen molar-refractivity contribution < 1.29 is 23.6 Å². The van der Waals surface area contributed by atoms with Gasteiger partial charge in [-0.3, -0.25) is 14.9 Å². The maximum absolute atomic E-state index is 12.8. The number of carbonyl (C=O) groups is 1. The Hall–Kier alpha value is -4.59. The van der Waals surface area contributed by atoms with Crippen LogP contribution in [0, 0.1) is 17.0 Å². The largest absolute Gasteiger partial charge is 0.497 e. The highest BCUT2D eigenvalue weighted by Gasteiger charge is 2.16. The molecule has 0 spiro atoms. The summed E-state index contributed by atoms with van der Waals surface area (Å²) in [7, 11) is 1.62. The number of nitrogens with zero attached hydrogens (tertiary/aromatic N) is 1. The summed E-state index contributed by atoms with van der Waals surface area (Å²) in [5.41, 5.74) is 5.09. The average molecular weight is 487 g/mol. The first-order valence-electron chi connectivity index (χ1n) is 11.4. The maximum Gasteiger partial charge on any atom is 0.269 e. The van der Waals surface area contributed by atoms with Gasteiger partial charge >= 0.3 is 0 Å². The first-order chi connectivity index (χ1) is 17.3. The van der Waals surface area contributed by atoms with E-state index in [-0.39, 0.29) is 11.6 Å². The van der Waals surface area contributed by atoms with Crippen LogP contribution in [0.4, 0.5) is 11.4 Å². The Morgan fingerprint density at radius 1 is 1.14 bits per heavy atom. The average Bonchev–Trinajstić information content (AvgIpc) is 3.27. The van der Waals surface area contributed by atoms with Crippen LogP contribution in [0.1, 0.15) is 25.0 Å². The number of amides is 1. The second-order valence-corrected chi connectivity index (χ2v) is 8.23. The molecular formula is C28H26N2O6. The fourth-order valence-electron chi connectivity index (χ4n) is 3.98. The highest BCUT2D eigenvalue weighted by atomic mass is 16.6. The third-order valence-corrected chi connectivity index (χ3v) is 5.83. The molecule has 1 aromatic heterocycles. The molecule has 8 heteroatoms. The lowest BCUT2D eigenvalue weighted by Gasteiger charge is -2.12. The SMILES string of the molecule is CCOc1cc2occ(-c3ccc(OC)cc3)c2cc1/C(C)=C/C(=O)Nc1ccc([N+](=O)[O-])cc1C. The standard InChI is InChI=1S/C28H26N2O6/c1-5-35-26-15-27-23(24(16-36-27)19-6-9-21(34-4)10-7-19)14-22(26)17(2)13-28(31)29-25-11-8-20(30(32)33)12-18(25)3/h6-16H,5H2,1-4H3,(H,29,31)/b17-13+. The van der Waals surface area contributed by atoms with Crippen molar-refractivity contribution in [2.75, 3.05) is 19.0 Å². The second kappa shape index (κ2) is 10.4. The van der Waals surface area contributed by atoms with E-state index < -0.39 is 4.92 Å². The molecule has 3 aromatic carbocycles. The van der Waals surface area contributed by atoms with Gasteiger partial charge in [0.25, 0.3) is 5.69 Å². The molecule has 0 aliphatic rings. The Labute approximate surface area is 208 Å². The van der Waals surface area contributed by atoms with Crippen LogP contribution < -0.4 is 14.8 Å². The molecule has 1 N–H and O–H groups in total. The number of non-ortho nitro benzene ring substituents is 1. The molecule has 0 aliphatic carbocycles. The molecule has 0 fully saturated rings. The molecule has 36 heavy (non-hydrogen) atoms. The number of hydrogen-bond acceptors (Lipinski definition) is 6. The number of methoxy groups -OCH3 is 1. The number of rotatable bonds is 8. The van der Waals surface area contributed by atoms with Crippen LogP contribution in [0.2, 0.25) is 0 Å². The molecule has 0 aliphatic heterocycles. The quantitative estimate of drug-likeness (QED) is 0.167. The van der Waals surface area contributed by atoms with Crippen LogP contribution in [-0.2, 0) is 4.79 Å². The number of allylic oxidation sites excluding steroid dienone is 1. The summed E-state index contributed by atoms with van der Waals surface area (Å²) in [5.74, 6) is 1.02. The highest BCUT2D eigenvalue weighted by molar-refractivity contribution is 6.05. The van der Waals surface area contributed by atoms with Gasteiger partial charge in [-0.05, 0) is 61.7 Å². The number of nitro groups is 1. The molecule has 0 unspecified atom stereocenters. The molecule has 184 valence electrons. The van der Waals surface area contributed by atoms with E-state index in [1.807, 2.05) is 50.2 Å². The summed E-state index contributed by atoms with van der Waals surface area (Å²) < 4.78 is 16.9. The zero-order valence-electron chi connectivity index (χ0n) is 20.5. The van der Waals surface area contributed by atoms with E-state index in [1.54, 1.807) is 20.3 Å². The number of aryl methyl sites for hydroxylation is 1. The monoisotopic (exact) mass is 486 g/mol. The van der Waals surface area contributed by atoms with Gasteiger partial charge in [0, 0.05) is 46.5 Å². The number of anilines is 1. The number of benzene rings is 3. The summed E-state index contributed by atoms with van der Waals surface area (Å²) in [5, 5.41) is 14.7. The predicted octanol–water partition coefficient (Wildman–Crippen LogP) is 6.77. The van der Waals surface area contributed by atoms with Crippen LogP contribution in [0.3, 0.4) is 0 Å². The number of hydrogen-bond donors (Lipinski definition) is 1. The van der Waals surface area contributed by atoms with Crippen molar-refractivity contribution in [3.05, 3.63) is 88.2 Å². The van der Waals surface area contributed by atoms with Crippen molar-refractivity contribution in [2.24, 2.45) is 0 Å². The lowest BCUT2D eigenvalue weighted by molar-refractivity contribution is -0.384. The van der Waals surface area contributed by atoms with E-state index >= 15 is 0 Å². The summed E-state index contributed by atoms with van der Waals surface area (Å²) in [6.45, 7) is 5.88. The third-order valence-electron chi connectivity index (χ3n) is 5.83. The molecule has 4 rings (SSSR count).